The predicted molar refractivity (Wildman–Crippen MR) is 67.9 cm³/mol. The van der Waals surface area contributed by atoms with E-state index in [2.05, 4.69) is 11.8 Å². The number of carbonyl (C=O) groups is 1. The molecule has 0 spiro atoms. The second-order valence-electron chi connectivity index (χ2n) is 3.14. The maximum absolute atomic E-state index is 10.6. The van der Waals surface area contributed by atoms with Crippen LogP contribution in [-0.2, 0) is 4.79 Å². The molecular formula is C14H18O3. The Labute approximate surface area is 102 Å². The van der Waals surface area contributed by atoms with Crippen LogP contribution in [-0.4, -0.2) is 16.2 Å². The first kappa shape index (κ1) is 15.0. The Morgan fingerprint density at radius 3 is 2.24 bits per heavy atom. The van der Waals surface area contributed by atoms with Crippen LogP contribution in [0, 0.1) is 11.8 Å². The third-order valence-corrected chi connectivity index (χ3v) is 1.99. The van der Waals surface area contributed by atoms with Crippen molar-refractivity contribution in [1.82, 2.24) is 0 Å². The van der Waals surface area contributed by atoms with E-state index >= 15 is 0 Å². The average Bonchev–Trinajstić information content (AvgIpc) is 2.31. The molecule has 0 saturated heterocycles. The molecule has 92 valence electrons. The highest BCUT2D eigenvalue weighted by Crippen LogP contribution is 2.21. The summed E-state index contributed by atoms with van der Waals surface area (Å²) in [5.41, 5.74) is 0.810. The van der Waals surface area contributed by atoms with E-state index in [1.54, 1.807) is 19.1 Å². The summed E-state index contributed by atoms with van der Waals surface area (Å²) in [6.45, 7) is 5.68. The van der Waals surface area contributed by atoms with Crippen molar-refractivity contribution in [3.8, 4) is 17.6 Å². The van der Waals surface area contributed by atoms with Crippen molar-refractivity contribution >= 4 is 5.97 Å². The summed E-state index contributed by atoms with van der Waals surface area (Å²) in [5, 5.41) is 17.8. The monoisotopic (exact) mass is 234 g/mol. The first-order valence-electron chi connectivity index (χ1n) is 5.56. The van der Waals surface area contributed by atoms with Gasteiger partial charge in [-0.15, -0.1) is 5.92 Å². The van der Waals surface area contributed by atoms with Crippen LogP contribution in [0.15, 0.2) is 24.3 Å². The number of aromatic hydroxyl groups is 1. The second-order valence-corrected chi connectivity index (χ2v) is 3.14. The Morgan fingerprint density at radius 1 is 1.29 bits per heavy atom. The SMILES string of the molecule is CC.CC#C[C@H](CC(=O)O)c1ccc(O)cc1. The van der Waals surface area contributed by atoms with Crippen molar-refractivity contribution in [2.45, 2.75) is 33.1 Å². The van der Waals surface area contributed by atoms with Crippen LogP contribution in [0.25, 0.3) is 0 Å². The Morgan fingerprint density at radius 2 is 1.82 bits per heavy atom. The molecule has 17 heavy (non-hydrogen) atoms. The van der Waals surface area contributed by atoms with Crippen molar-refractivity contribution < 1.29 is 15.0 Å². The lowest BCUT2D eigenvalue weighted by Crippen LogP contribution is -2.04. The van der Waals surface area contributed by atoms with Gasteiger partial charge < -0.3 is 10.2 Å². The van der Waals surface area contributed by atoms with Gasteiger partial charge in [0.15, 0.2) is 0 Å². The van der Waals surface area contributed by atoms with Crippen LogP contribution in [0.2, 0.25) is 0 Å². The molecule has 3 nitrogen and oxygen atoms in total. The number of hydrogen-bond acceptors (Lipinski definition) is 2. The first-order chi connectivity index (χ1) is 8.13. The van der Waals surface area contributed by atoms with Gasteiger partial charge in [-0.2, -0.15) is 0 Å². The van der Waals surface area contributed by atoms with Gasteiger partial charge in [-0.3, -0.25) is 4.79 Å². The molecule has 1 atom stereocenters. The fraction of sp³-hybridized carbons (Fsp3) is 0.357. The molecule has 0 saturated carbocycles. The fourth-order valence-corrected chi connectivity index (χ4v) is 1.31. The lowest BCUT2D eigenvalue weighted by Gasteiger charge is -2.08. The molecule has 0 amide bonds. The summed E-state index contributed by atoms with van der Waals surface area (Å²) >= 11 is 0. The van der Waals surface area contributed by atoms with Crippen molar-refractivity contribution in [2.24, 2.45) is 0 Å². The van der Waals surface area contributed by atoms with E-state index < -0.39 is 5.97 Å². The van der Waals surface area contributed by atoms with Crippen LogP contribution in [0.4, 0.5) is 0 Å². The Kier molecular flexibility index (Phi) is 7.29. The largest absolute Gasteiger partial charge is 0.508 e. The third-order valence-electron chi connectivity index (χ3n) is 1.99. The molecule has 0 radical (unpaired) electrons. The topological polar surface area (TPSA) is 57.5 Å². The van der Waals surface area contributed by atoms with E-state index in [-0.39, 0.29) is 18.1 Å². The van der Waals surface area contributed by atoms with Gasteiger partial charge in [0.25, 0.3) is 0 Å². The standard InChI is InChI=1S/C12H12O3.C2H6/c1-2-3-10(8-12(14)15)9-4-6-11(13)7-5-9;1-2/h4-7,10,13H,8H2,1H3,(H,14,15);1-2H3/t10-;/m1./s1. The Balaban J connectivity index is 0.00000121. The third kappa shape index (κ3) is 5.62. The molecule has 0 heterocycles. The number of carboxylic acid groups (broad SMARTS) is 1. The molecule has 0 unspecified atom stereocenters. The van der Waals surface area contributed by atoms with E-state index in [0.717, 1.165) is 5.56 Å². The minimum absolute atomic E-state index is 0.0222. The van der Waals surface area contributed by atoms with Gasteiger partial charge in [-0.1, -0.05) is 31.9 Å². The molecule has 3 heteroatoms. The lowest BCUT2D eigenvalue weighted by atomic mass is 9.96. The average molecular weight is 234 g/mol. The molecule has 1 rings (SSSR count). The number of aliphatic carboxylic acids is 1. The molecular weight excluding hydrogens is 216 g/mol. The molecule has 0 fully saturated rings. The molecule has 0 aliphatic carbocycles. The molecule has 0 aliphatic heterocycles. The van der Waals surface area contributed by atoms with Gasteiger partial charge in [0.2, 0.25) is 0 Å². The highest BCUT2D eigenvalue weighted by molar-refractivity contribution is 5.69. The normalized spacial score (nSPS) is 10.3. The van der Waals surface area contributed by atoms with E-state index in [4.69, 9.17) is 10.2 Å². The minimum atomic E-state index is -0.879. The summed E-state index contributed by atoms with van der Waals surface area (Å²) in [5.74, 6) is 4.52. The summed E-state index contributed by atoms with van der Waals surface area (Å²) in [4.78, 5) is 10.6. The molecule has 0 aromatic heterocycles. The van der Waals surface area contributed by atoms with Crippen molar-refractivity contribution in [3.63, 3.8) is 0 Å². The fourth-order valence-electron chi connectivity index (χ4n) is 1.31. The predicted octanol–water partition coefficient (Wildman–Crippen LogP) is 3.00. The lowest BCUT2D eigenvalue weighted by molar-refractivity contribution is -0.137. The van der Waals surface area contributed by atoms with Crippen LogP contribution in [0.5, 0.6) is 5.75 Å². The molecule has 2 N–H and O–H groups in total. The zero-order valence-corrected chi connectivity index (χ0v) is 10.4. The second kappa shape index (κ2) is 8.23. The summed E-state index contributed by atoms with van der Waals surface area (Å²) in [6.07, 6.45) is -0.0222. The van der Waals surface area contributed by atoms with Crippen LogP contribution >= 0.6 is 0 Å². The molecule has 1 aromatic rings. The van der Waals surface area contributed by atoms with E-state index in [9.17, 15) is 4.79 Å². The number of benzene rings is 1. The highest BCUT2D eigenvalue weighted by Gasteiger charge is 2.12. The van der Waals surface area contributed by atoms with Crippen LogP contribution in [0.1, 0.15) is 38.7 Å². The Bertz CT molecular complexity index is 396. The van der Waals surface area contributed by atoms with Gasteiger partial charge in [0.1, 0.15) is 5.75 Å². The van der Waals surface area contributed by atoms with Crippen molar-refractivity contribution in [2.75, 3.05) is 0 Å². The number of phenols is 1. The van der Waals surface area contributed by atoms with Gasteiger partial charge >= 0.3 is 5.97 Å². The summed E-state index contributed by atoms with van der Waals surface area (Å²) < 4.78 is 0. The van der Waals surface area contributed by atoms with Crippen LogP contribution in [0.3, 0.4) is 0 Å². The van der Waals surface area contributed by atoms with Crippen LogP contribution < -0.4 is 0 Å². The van der Waals surface area contributed by atoms with Gasteiger partial charge in [-0.05, 0) is 24.6 Å². The molecule has 1 aromatic carbocycles. The van der Waals surface area contributed by atoms with E-state index in [1.165, 1.54) is 12.1 Å². The van der Waals surface area contributed by atoms with Gasteiger partial charge in [0.05, 0.1) is 12.3 Å². The molecule has 0 aliphatic rings. The maximum atomic E-state index is 10.6. The minimum Gasteiger partial charge on any atom is -0.508 e. The molecule has 0 bridgehead atoms. The maximum Gasteiger partial charge on any atom is 0.304 e. The van der Waals surface area contributed by atoms with Gasteiger partial charge in [-0.25, -0.2) is 0 Å². The zero-order chi connectivity index (χ0) is 13.3. The zero-order valence-electron chi connectivity index (χ0n) is 10.4. The smallest absolute Gasteiger partial charge is 0.304 e. The summed E-state index contributed by atoms with van der Waals surface area (Å²) in [6, 6.07) is 6.43. The number of hydrogen-bond donors (Lipinski definition) is 2. The van der Waals surface area contributed by atoms with E-state index in [1.807, 2.05) is 13.8 Å². The van der Waals surface area contributed by atoms with E-state index in [0.29, 0.717) is 0 Å². The van der Waals surface area contributed by atoms with Crippen molar-refractivity contribution in [3.05, 3.63) is 29.8 Å². The number of phenolic OH excluding ortho intramolecular Hbond substituents is 1. The van der Waals surface area contributed by atoms with Crippen molar-refractivity contribution in [1.29, 1.82) is 0 Å². The number of rotatable bonds is 3. The summed E-state index contributed by atoms with van der Waals surface area (Å²) in [7, 11) is 0. The number of carboxylic acids is 1. The highest BCUT2D eigenvalue weighted by atomic mass is 16.4. The Hall–Kier alpha value is -1.95. The first-order valence-corrected chi connectivity index (χ1v) is 5.56. The quantitative estimate of drug-likeness (QED) is 0.790. The van der Waals surface area contributed by atoms with Gasteiger partial charge in [0, 0.05) is 0 Å².